The van der Waals surface area contributed by atoms with Crippen LogP contribution in [0.5, 0.6) is 5.75 Å². The van der Waals surface area contributed by atoms with Crippen molar-refractivity contribution in [1.82, 2.24) is 9.88 Å². The van der Waals surface area contributed by atoms with E-state index in [2.05, 4.69) is 17.2 Å². The van der Waals surface area contributed by atoms with Crippen molar-refractivity contribution < 1.29 is 19.1 Å². The first kappa shape index (κ1) is 22.7. The molecule has 29 heavy (non-hydrogen) atoms. The molecule has 0 radical (unpaired) electrons. The Bertz CT molecular complexity index is 776. The Morgan fingerprint density at radius 2 is 1.86 bits per heavy atom. The number of thiazole rings is 1. The lowest BCUT2D eigenvalue weighted by Gasteiger charge is -2.22. The van der Waals surface area contributed by atoms with Gasteiger partial charge in [-0.3, -0.25) is 0 Å². The van der Waals surface area contributed by atoms with Gasteiger partial charge in [0.05, 0.1) is 19.8 Å². The average molecular weight is 420 g/mol. The van der Waals surface area contributed by atoms with E-state index >= 15 is 0 Å². The van der Waals surface area contributed by atoms with Gasteiger partial charge in [0.1, 0.15) is 10.8 Å². The number of carbonyl (C=O) groups is 2. The lowest BCUT2D eigenvalue weighted by Crippen LogP contribution is -2.35. The number of esters is 1. The second-order valence-corrected chi connectivity index (χ2v) is 7.31. The number of unbranched alkanes of at least 4 members (excludes halogenated alkanes) is 2. The molecule has 0 aliphatic rings. The van der Waals surface area contributed by atoms with Gasteiger partial charge in [-0.25, -0.2) is 14.6 Å². The van der Waals surface area contributed by atoms with Crippen LogP contribution in [0, 0.1) is 0 Å². The minimum Gasteiger partial charge on any atom is -0.494 e. The fraction of sp³-hybridized carbons (Fsp3) is 0.476. The molecule has 8 heteroatoms. The van der Waals surface area contributed by atoms with E-state index in [1.165, 1.54) is 11.3 Å². The van der Waals surface area contributed by atoms with Crippen molar-refractivity contribution in [3.63, 3.8) is 0 Å². The first-order valence-corrected chi connectivity index (χ1v) is 10.9. The van der Waals surface area contributed by atoms with Crippen molar-refractivity contribution in [1.29, 1.82) is 0 Å². The lowest BCUT2D eigenvalue weighted by molar-refractivity contribution is 0.0520. The topological polar surface area (TPSA) is 80.8 Å². The smallest absolute Gasteiger partial charge is 0.357 e. The van der Waals surface area contributed by atoms with Gasteiger partial charge in [0, 0.05) is 17.6 Å². The molecule has 0 aliphatic heterocycles. The third-order valence-electron chi connectivity index (χ3n) is 4.10. The fourth-order valence-corrected chi connectivity index (χ4v) is 3.43. The van der Waals surface area contributed by atoms with Gasteiger partial charge in [-0.05, 0) is 44.5 Å². The molecule has 0 bridgehead atoms. The maximum absolute atomic E-state index is 12.8. The second kappa shape index (κ2) is 12.1. The number of rotatable bonds is 11. The number of aromatic nitrogens is 1. The molecule has 0 spiro atoms. The highest BCUT2D eigenvalue weighted by Gasteiger charge is 2.18. The van der Waals surface area contributed by atoms with Gasteiger partial charge in [-0.1, -0.05) is 19.8 Å². The fourth-order valence-electron chi connectivity index (χ4n) is 2.65. The molecule has 0 fully saturated rings. The first-order valence-electron chi connectivity index (χ1n) is 9.97. The van der Waals surface area contributed by atoms with Crippen LogP contribution >= 0.6 is 11.3 Å². The Balaban J connectivity index is 2.04. The molecule has 0 saturated heterocycles. The number of ether oxygens (including phenoxy) is 2. The first-order chi connectivity index (χ1) is 14.1. The number of amides is 2. The number of urea groups is 1. The van der Waals surface area contributed by atoms with Crippen LogP contribution in [-0.4, -0.2) is 41.6 Å². The lowest BCUT2D eigenvalue weighted by atomic mass is 10.2. The van der Waals surface area contributed by atoms with Crippen LogP contribution in [-0.2, 0) is 11.3 Å². The minimum atomic E-state index is -0.439. The quantitative estimate of drug-likeness (QED) is 0.412. The van der Waals surface area contributed by atoms with E-state index < -0.39 is 5.97 Å². The summed E-state index contributed by atoms with van der Waals surface area (Å²) in [6.45, 7) is 7.66. The molecule has 7 nitrogen and oxygen atoms in total. The van der Waals surface area contributed by atoms with Gasteiger partial charge >= 0.3 is 12.0 Å². The molecule has 0 unspecified atom stereocenters. The zero-order chi connectivity index (χ0) is 21.1. The van der Waals surface area contributed by atoms with E-state index in [9.17, 15) is 9.59 Å². The number of anilines is 1. The predicted octanol–water partition coefficient (Wildman–Crippen LogP) is 4.94. The summed E-state index contributed by atoms with van der Waals surface area (Å²) in [7, 11) is 0. The summed E-state index contributed by atoms with van der Waals surface area (Å²) in [5.74, 6) is 0.325. The summed E-state index contributed by atoms with van der Waals surface area (Å²) in [6, 6.07) is 7.09. The maximum Gasteiger partial charge on any atom is 0.357 e. The molecule has 1 N–H and O–H groups in total. The summed E-state index contributed by atoms with van der Waals surface area (Å²) >= 11 is 1.35. The number of carbonyl (C=O) groups excluding carboxylic acids is 2. The van der Waals surface area contributed by atoms with E-state index in [0.29, 0.717) is 37.0 Å². The van der Waals surface area contributed by atoms with Crippen molar-refractivity contribution in [2.75, 3.05) is 25.1 Å². The monoisotopic (exact) mass is 419 g/mol. The summed E-state index contributed by atoms with van der Waals surface area (Å²) in [4.78, 5) is 30.7. The van der Waals surface area contributed by atoms with Gasteiger partial charge in [0.2, 0.25) is 0 Å². The molecule has 2 amide bonds. The standard InChI is InChI=1S/C21H29N3O4S/c1-4-7-8-13-24(14-19-23-18(15-29-19)20(25)28-6-3)21(26)22-16-9-11-17(12-10-16)27-5-2/h9-12,15H,4-8,13-14H2,1-3H3,(H,22,26). The normalized spacial score (nSPS) is 10.4. The molecular formula is C21H29N3O4S. The highest BCUT2D eigenvalue weighted by molar-refractivity contribution is 7.09. The number of nitrogens with zero attached hydrogens (tertiary/aromatic N) is 2. The summed E-state index contributed by atoms with van der Waals surface area (Å²) in [5.41, 5.74) is 0.984. The second-order valence-electron chi connectivity index (χ2n) is 6.36. The van der Waals surface area contributed by atoms with E-state index in [4.69, 9.17) is 9.47 Å². The van der Waals surface area contributed by atoms with E-state index in [0.717, 1.165) is 25.0 Å². The summed E-state index contributed by atoms with van der Waals surface area (Å²) < 4.78 is 10.4. The van der Waals surface area contributed by atoms with E-state index in [1.54, 1.807) is 17.2 Å². The zero-order valence-electron chi connectivity index (χ0n) is 17.3. The number of nitrogens with one attached hydrogen (secondary N) is 1. The Labute approximate surface area is 176 Å². The number of hydrogen-bond acceptors (Lipinski definition) is 6. The largest absolute Gasteiger partial charge is 0.494 e. The van der Waals surface area contributed by atoms with Crippen LogP contribution in [0.25, 0.3) is 0 Å². The van der Waals surface area contributed by atoms with Crippen molar-refractivity contribution in [3.05, 3.63) is 40.3 Å². The molecule has 0 saturated carbocycles. The Morgan fingerprint density at radius 1 is 1.10 bits per heavy atom. The van der Waals surface area contributed by atoms with Gasteiger partial charge in [-0.15, -0.1) is 11.3 Å². The molecule has 0 aliphatic carbocycles. The molecule has 1 aromatic heterocycles. The summed E-state index contributed by atoms with van der Waals surface area (Å²) in [6.07, 6.45) is 3.01. The molecule has 1 heterocycles. The molecule has 0 atom stereocenters. The van der Waals surface area contributed by atoms with E-state index in [-0.39, 0.29) is 11.7 Å². The van der Waals surface area contributed by atoms with Crippen LogP contribution in [0.15, 0.2) is 29.6 Å². The Kier molecular flexibility index (Phi) is 9.43. The molecule has 2 rings (SSSR count). The van der Waals surface area contributed by atoms with Gasteiger partial charge in [0.15, 0.2) is 5.69 Å². The van der Waals surface area contributed by atoms with Crippen LogP contribution in [0.3, 0.4) is 0 Å². The highest BCUT2D eigenvalue weighted by atomic mass is 32.1. The Hall–Kier alpha value is -2.61. The zero-order valence-corrected chi connectivity index (χ0v) is 18.1. The number of hydrogen-bond donors (Lipinski definition) is 1. The molecule has 2 aromatic rings. The third-order valence-corrected chi connectivity index (χ3v) is 4.93. The highest BCUT2D eigenvalue weighted by Crippen LogP contribution is 2.18. The summed E-state index contributed by atoms with van der Waals surface area (Å²) in [5, 5.41) is 5.29. The SMILES string of the molecule is CCCCCN(Cc1nc(C(=O)OCC)cs1)C(=O)Nc1ccc(OCC)cc1. The van der Waals surface area contributed by atoms with Gasteiger partial charge in [0.25, 0.3) is 0 Å². The minimum absolute atomic E-state index is 0.196. The van der Waals surface area contributed by atoms with Crippen molar-refractivity contribution in [2.45, 2.75) is 46.6 Å². The molecular weight excluding hydrogens is 390 g/mol. The van der Waals surface area contributed by atoms with Crippen LogP contribution in [0.1, 0.15) is 55.5 Å². The van der Waals surface area contributed by atoms with Crippen molar-refractivity contribution in [3.8, 4) is 5.75 Å². The Morgan fingerprint density at radius 3 is 2.52 bits per heavy atom. The predicted molar refractivity (Wildman–Crippen MR) is 115 cm³/mol. The van der Waals surface area contributed by atoms with Crippen LogP contribution in [0.2, 0.25) is 0 Å². The van der Waals surface area contributed by atoms with Crippen molar-refractivity contribution >= 4 is 29.0 Å². The van der Waals surface area contributed by atoms with Gasteiger partial charge < -0.3 is 19.7 Å². The molecule has 1 aromatic carbocycles. The molecule has 158 valence electrons. The van der Waals surface area contributed by atoms with E-state index in [1.807, 2.05) is 31.2 Å². The third kappa shape index (κ3) is 7.38. The van der Waals surface area contributed by atoms with Crippen molar-refractivity contribution in [2.24, 2.45) is 0 Å². The maximum atomic E-state index is 12.8. The van der Waals surface area contributed by atoms with Crippen LogP contribution < -0.4 is 10.1 Å². The average Bonchev–Trinajstić information content (AvgIpc) is 3.18. The van der Waals surface area contributed by atoms with Crippen LogP contribution in [0.4, 0.5) is 10.5 Å². The number of benzene rings is 1. The van der Waals surface area contributed by atoms with Gasteiger partial charge in [-0.2, -0.15) is 0 Å².